The molecule has 1 rings (SSSR count). The molecule has 0 radical (unpaired) electrons. The van der Waals surface area contributed by atoms with Gasteiger partial charge < -0.3 is 10.1 Å². The monoisotopic (exact) mass is 221 g/mol. The van der Waals surface area contributed by atoms with E-state index in [1.165, 1.54) is 6.92 Å². The summed E-state index contributed by atoms with van der Waals surface area (Å²) in [6.07, 6.45) is 0. The normalized spacial score (nSPS) is 9.69. The quantitative estimate of drug-likeness (QED) is 0.795. The summed E-state index contributed by atoms with van der Waals surface area (Å²) in [4.78, 5) is 22.6. The molecule has 16 heavy (non-hydrogen) atoms. The molecule has 1 amide bonds. The summed E-state index contributed by atoms with van der Waals surface area (Å²) < 4.78 is 4.90. The van der Waals surface area contributed by atoms with Crippen LogP contribution in [0.2, 0.25) is 0 Å². The molecule has 0 aliphatic rings. The van der Waals surface area contributed by atoms with E-state index < -0.39 is 5.97 Å². The Morgan fingerprint density at radius 3 is 2.62 bits per heavy atom. The van der Waals surface area contributed by atoms with Gasteiger partial charge in [-0.1, -0.05) is 6.07 Å². The third-order valence-corrected chi connectivity index (χ3v) is 1.98. The fraction of sp³-hybridized carbons (Fsp3) is 0.333. The highest BCUT2D eigenvalue weighted by atomic mass is 16.5. The van der Waals surface area contributed by atoms with Gasteiger partial charge in [-0.25, -0.2) is 4.79 Å². The van der Waals surface area contributed by atoms with Gasteiger partial charge in [-0.05, 0) is 31.5 Å². The Bertz CT molecular complexity index is 413. The van der Waals surface area contributed by atoms with E-state index in [1.54, 1.807) is 25.1 Å². The van der Waals surface area contributed by atoms with E-state index in [0.29, 0.717) is 17.9 Å². The van der Waals surface area contributed by atoms with E-state index >= 15 is 0 Å². The summed E-state index contributed by atoms with van der Waals surface area (Å²) in [7, 11) is 0. The highest BCUT2D eigenvalue weighted by Crippen LogP contribution is 2.18. The van der Waals surface area contributed by atoms with Crippen molar-refractivity contribution in [3.8, 4) is 0 Å². The van der Waals surface area contributed by atoms with Crippen LogP contribution in [0.4, 0.5) is 5.69 Å². The number of carbonyl (C=O) groups excluding carboxylic acids is 2. The van der Waals surface area contributed by atoms with E-state index in [4.69, 9.17) is 4.74 Å². The van der Waals surface area contributed by atoms with E-state index in [9.17, 15) is 9.59 Å². The van der Waals surface area contributed by atoms with Gasteiger partial charge in [-0.15, -0.1) is 0 Å². The molecule has 0 atom stereocenters. The van der Waals surface area contributed by atoms with Crippen molar-refractivity contribution >= 4 is 17.6 Å². The molecule has 1 N–H and O–H groups in total. The van der Waals surface area contributed by atoms with Gasteiger partial charge in [0.05, 0.1) is 17.9 Å². The zero-order valence-electron chi connectivity index (χ0n) is 9.66. The van der Waals surface area contributed by atoms with E-state index in [1.807, 2.05) is 6.92 Å². The topological polar surface area (TPSA) is 55.4 Å². The number of aryl methyl sites for hydroxylation is 1. The zero-order valence-corrected chi connectivity index (χ0v) is 9.66. The third kappa shape index (κ3) is 3.08. The van der Waals surface area contributed by atoms with Crippen molar-refractivity contribution in [1.82, 2.24) is 0 Å². The van der Waals surface area contributed by atoms with E-state index in [2.05, 4.69) is 5.32 Å². The molecule has 0 fully saturated rings. The minimum atomic E-state index is -0.425. The Morgan fingerprint density at radius 1 is 1.38 bits per heavy atom. The lowest BCUT2D eigenvalue weighted by atomic mass is 10.1. The predicted octanol–water partition coefficient (Wildman–Crippen LogP) is 2.13. The smallest absolute Gasteiger partial charge is 0.340 e. The molecule has 0 heterocycles. The fourth-order valence-electron chi connectivity index (χ4n) is 1.34. The van der Waals surface area contributed by atoms with Crippen LogP contribution in [0.5, 0.6) is 0 Å². The van der Waals surface area contributed by atoms with Gasteiger partial charge in [-0.2, -0.15) is 0 Å². The van der Waals surface area contributed by atoms with Crippen LogP contribution in [0.25, 0.3) is 0 Å². The second kappa shape index (κ2) is 5.30. The van der Waals surface area contributed by atoms with Crippen LogP contribution in [0.3, 0.4) is 0 Å². The molecule has 0 saturated heterocycles. The SMILES string of the molecule is CCOC(=O)c1ccc(C)cc1NC(C)=O. The molecule has 0 aromatic heterocycles. The largest absolute Gasteiger partial charge is 0.462 e. The summed E-state index contributed by atoms with van der Waals surface area (Å²) >= 11 is 0. The number of anilines is 1. The summed E-state index contributed by atoms with van der Waals surface area (Å²) in [5.41, 5.74) is 1.84. The number of rotatable bonds is 3. The van der Waals surface area contributed by atoms with Gasteiger partial charge in [-0.3, -0.25) is 4.79 Å². The Morgan fingerprint density at radius 2 is 2.06 bits per heavy atom. The fourth-order valence-corrected chi connectivity index (χ4v) is 1.34. The maximum absolute atomic E-state index is 11.6. The van der Waals surface area contributed by atoms with Crippen LogP contribution >= 0.6 is 0 Å². The van der Waals surface area contributed by atoms with Crippen molar-refractivity contribution in [2.24, 2.45) is 0 Å². The first-order valence-corrected chi connectivity index (χ1v) is 5.10. The van der Waals surface area contributed by atoms with Gasteiger partial charge in [0.2, 0.25) is 5.91 Å². The van der Waals surface area contributed by atoms with Gasteiger partial charge in [0.15, 0.2) is 0 Å². The minimum absolute atomic E-state index is 0.212. The molecule has 0 saturated carbocycles. The second-order valence-electron chi connectivity index (χ2n) is 3.45. The van der Waals surface area contributed by atoms with Gasteiger partial charge >= 0.3 is 5.97 Å². The summed E-state index contributed by atoms with van der Waals surface area (Å²) in [5.74, 6) is -0.637. The number of hydrogen-bond donors (Lipinski definition) is 1. The highest BCUT2D eigenvalue weighted by molar-refractivity contribution is 6.00. The van der Waals surface area contributed by atoms with Crippen molar-refractivity contribution in [3.63, 3.8) is 0 Å². The molecule has 0 spiro atoms. The number of benzene rings is 1. The third-order valence-electron chi connectivity index (χ3n) is 1.98. The molecule has 0 aliphatic carbocycles. The van der Waals surface area contributed by atoms with Crippen molar-refractivity contribution in [3.05, 3.63) is 29.3 Å². The van der Waals surface area contributed by atoms with Crippen molar-refractivity contribution in [2.45, 2.75) is 20.8 Å². The van der Waals surface area contributed by atoms with Crippen LogP contribution in [0.15, 0.2) is 18.2 Å². The first kappa shape index (κ1) is 12.2. The predicted molar refractivity (Wildman–Crippen MR) is 61.4 cm³/mol. The molecular weight excluding hydrogens is 206 g/mol. The molecule has 0 aliphatic heterocycles. The van der Waals surface area contributed by atoms with E-state index in [-0.39, 0.29) is 5.91 Å². The maximum atomic E-state index is 11.6. The van der Waals surface area contributed by atoms with Crippen LogP contribution in [-0.4, -0.2) is 18.5 Å². The second-order valence-corrected chi connectivity index (χ2v) is 3.45. The van der Waals surface area contributed by atoms with Crippen molar-refractivity contribution < 1.29 is 14.3 Å². The van der Waals surface area contributed by atoms with E-state index in [0.717, 1.165) is 5.56 Å². The van der Waals surface area contributed by atoms with Gasteiger partial charge in [0.1, 0.15) is 0 Å². The molecule has 1 aromatic rings. The summed E-state index contributed by atoms with van der Waals surface area (Å²) in [6.45, 7) is 5.34. The Labute approximate surface area is 94.6 Å². The van der Waals surface area contributed by atoms with Crippen molar-refractivity contribution in [1.29, 1.82) is 0 Å². The number of esters is 1. The lowest BCUT2D eigenvalue weighted by Gasteiger charge is -2.09. The lowest BCUT2D eigenvalue weighted by molar-refractivity contribution is -0.114. The van der Waals surface area contributed by atoms with Crippen LogP contribution < -0.4 is 5.32 Å². The molecule has 4 nitrogen and oxygen atoms in total. The van der Waals surface area contributed by atoms with Crippen LogP contribution in [0.1, 0.15) is 29.8 Å². The molecule has 0 bridgehead atoms. The maximum Gasteiger partial charge on any atom is 0.340 e. The van der Waals surface area contributed by atoms with Crippen LogP contribution in [0, 0.1) is 6.92 Å². The number of nitrogens with one attached hydrogen (secondary N) is 1. The first-order valence-electron chi connectivity index (χ1n) is 5.10. The average molecular weight is 221 g/mol. The highest BCUT2D eigenvalue weighted by Gasteiger charge is 2.13. The van der Waals surface area contributed by atoms with Crippen LogP contribution in [-0.2, 0) is 9.53 Å². The Balaban J connectivity index is 3.06. The Kier molecular flexibility index (Phi) is 4.05. The number of carbonyl (C=O) groups is 2. The first-order chi connectivity index (χ1) is 7.54. The molecule has 0 unspecified atom stereocenters. The van der Waals surface area contributed by atoms with Gasteiger partial charge in [0.25, 0.3) is 0 Å². The molecule has 1 aromatic carbocycles. The molecule has 4 heteroatoms. The molecule has 86 valence electrons. The van der Waals surface area contributed by atoms with Gasteiger partial charge in [0, 0.05) is 6.92 Å². The molecular formula is C12H15NO3. The number of hydrogen-bond acceptors (Lipinski definition) is 3. The summed E-state index contributed by atoms with van der Waals surface area (Å²) in [6, 6.07) is 5.20. The zero-order chi connectivity index (χ0) is 12.1. The number of amides is 1. The Hall–Kier alpha value is -1.84. The summed E-state index contributed by atoms with van der Waals surface area (Å²) in [5, 5.41) is 2.61. The lowest BCUT2D eigenvalue weighted by Crippen LogP contribution is -2.13. The van der Waals surface area contributed by atoms with Crippen molar-refractivity contribution in [2.75, 3.05) is 11.9 Å². The standard InChI is InChI=1S/C12H15NO3/c1-4-16-12(15)10-6-5-8(2)7-11(10)13-9(3)14/h5-7H,4H2,1-3H3,(H,13,14). The minimum Gasteiger partial charge on any atom is -0.462 e. The average Bonchev–Trinajstić information content (AvgIpc) is 2.16. The number of ether oxygens (including phenoxy) is 1.